The third-order valence-electron chi connectivity index (χ3n) is 4.76. The number of hydrogen-bond donors (Lipinski definition) is 4. The fourth-order valence-electron chi connectivity index (χ4n) is 3.06. The molecule has 1 unspecified atom stereocenters. The van der Waals surface area contributed by atoms with Crippen molar-refractivity contribution in [1.29, 1.82) is 0 Å². The van der Waals surface area contributed by atoms with Crippen molar-refractivity contribution < 1.29 is 14.1 Å². The first kappa shape index (κ1) is 32.3. The molecular weight excluding hydrogens is 414 g/mol. The summed E-state index contributed by atoms with van der Waals surface area (Å²) < 4.78 is 8.83. The van der Waals surface area contributed by atoms with Gasteiger partial charge in [0, 0.05) is 45.0 Å². The number of nitrogens with two attached hydrogens (primary N) is 1. The Morgan fingerprint density at radius 3 is 2.19 bits per heavy atom. The molecule has 0 saturated carbocycles. The van der Waals surface area contributed by atoms with Gasteiger partial charge in [0.2, 0.25) is 11.8 Å². The molecule has 1 rings (SSSR count). The number of nitrogens with one attached hydrogen (secondary N) is 2. The molecule has 0 radical (unpaired) electrons. The van der Waals surface area contributed by atoms with E-state index in [0.29, 0.717) is 31.8 Å². The molecule has 1 saturated heterocycles. The Hall–Kier alpha value is -0.870. The molecule has 1 aliphatic rings. The fourth-order valence-corrected chi connectivity index (χ4v) is 3.40. The van der Waals surface area contributed by atoms with E-state index in [1.165, 1.54) is 0 Å². The van der Waals surface area contributed by atoms with E-state index < -0.39 is 6.04 Å². The van der Waals surface area contributed by atoms with E-state index in [1.54, 1.807) is 0 Å². The minimum absolute atomic E-state index is 0.0971. The Morgan fingerprint density at radius 1 is 1.03 bits per heavy atom. The van der Waals surface area contributed by atoms with Crippen molar-refractivity contribution >= 4 is 23.9 Å². The average Bonchev–Trinajstić information content (AvgIpc) is 2.81. The molecule has 186 valence electrons. The van der Waals surface area contributed by atoms with Crippen LogP contribution in [-0.4, -0.2) is 90.3 Å². The van der Waals surface area contributed by atoms with Gasteiger partial charge in [-0.15, -0.1) is 0 Å². The maximum atomic E-state index is 12.4. The highest BCUT2D eigenvalue weighted by Gasteiger charge is 2.23. The van der Waals surface area contributed by atoms with Crippen molar-refractivity contribution in [2.45, 2.75) is 72.8 Å². The smallest absolute Gasteiger partial charge is 0.242 e. The van der Waals surface area contributed by atoms with Gasteiger partial charge in [-0.2, -0.15) is 0 Å². The zero-order chi connectivity index (χ0) is 23.9. The second-order valence-electron chi connectivity index (χ2n) is 7.00. The van der Waals surface area contributed by atoms with Crippen LogP contribution in [0.15, 0.2) is 0 Å². The minimum Gasteiger partial charge on any atom is -0.354 e. The van der Waals surface area contributed by atoms with Crippen LogP contribution < -0.4 is 16.4 Å². The molecule has 0 spiro atoms. The summed E-state index contributed by atoms with van der Waals surface area (Å²) in [6, 6.07) is -0.483. The van der Waals surface area contributed by atoms with Crippen LogP contribution in [0.25, 0.3) is 0 Å². The van der Waals surface area contributed by atoms with E-state index in [0.717, 1.165) is 70.4 Å². The first-order valence-corrected chi connectivity index (χ1v) is 13.0. The maximum absolute atomic E-state index is 12.4. The number of rotatable bonds is 14. The Balaban J connectivity index is 0. The minimum atomic E-state index is -0.483. The van der Waals surface area contributed by atoms with Gasteiger partial charge < -0.3 is 20.9 Å². The van der Waals surface area contributed by atoms with E-state index in [4.69, 9.17) is 10.3 Å². The van der Waals surface area contributed by atoms with Crippen molar-refractivity contribution in [1.82, 2.24) is 20.4 Å². The molecule has 1 atom stereocenters. The summed E-state index contributed by atoms with van der Waals surface area (Å²) in [6.45, 7) is 15.9. The van der Waals surface area contributed by atoms with Crippen molar-refractivity contribution in [3.63, 3.8) is 0 Å². The van der Waals surface area contributed by atoms with Crippen LogP contribution in [0, 0.1) is 0 Å². The van der Waals surface area contributed by atoms with Gasteiger partial charge in [0.05, 0.1) is 6.54 Å². The maximum Gasteiger partial charge on any atom is 0.242 e. The topological polar surface area (TPSA) is 111 Å². The molecule has 0 aromatic heterocycles. The SMILES string of the molecule is CC.CC.CCCCNC(=O)C(CCCCN)NC(=O)CN1CCN(CCSO)CC1. The van der Waals surface area contributed by atoms with Crippen molar-refractivity contribution in [3.8, 4) is 0 Å². The molecular formula is C22H49N5O3S. The molecule has 2 amide bonds. The number of carbonyl (C=O) groups is 2. The standard InChI is InChI=1S/C18H37N5O3S.2C2H6/c1-2-3-8-20-18(25)16(6-4-5-7-19)21-17(24)15-23-11-9-22(10-12-23)13-14-27-26;2*1-2/h16,26H,2-15,19H2,1H3,(H,20,25)(H,21,24);2*1-2H3. The summed E-state index contributed by atoms with van der Waals surface area (Å²) in [6.07, 6.45) is 4.25. The fraction of sp³-hybridized carbons (Fsp3) is 0.909. The lowest BCUT2D eigenvalue weighted by Crippen LogP contribution is -2.53. The second kappa shape index (κ2) is 23.8. The number of piperazine rings is 1. The van der Waals surface area contributed by atoms with E-state index >= 15 is 0 Å². The third-order valence-corrected chi connectivity index (χ3v) is 5.12. The highest BCUT2D eigenvalue weighted by atomic mass is 32.2. The molecule has 0 aromatic carbocycles. The molecule has 5 N–H and O–H groups in total. The summed E-state index contributed by atoms with van der Waals surface area (Å²) >= 11 is 0.866. The zero-order valence-corrected chi connectivity index (χ0v) is 21.4. The van der Waals surface area contributed by atoms with Crippen molar-refractivity contribution in [2.75, 3.05) is 58.1 Å². The first-order valence-electron chi connectivity index (χ1n) is 12.1. The predicted molar refractivity (Wildman–Crippen MR) is 133 cm³/mol. The lowest BCUT2D eigenvalue weighted by molar-refractivity contribution is -0.130. The summed E-state index contributed by atoms with van der Waals surface area (Å²) in [5.41, 5.74) is 5.54. The van der Waals surface area contributed by atoms with Gasteiger partial charge in [-0.3, -0.25) is 19.4 Å². The zero-order valence-electron chi connectivity index (χ0n) is 20.6. The summed E-state index contributed by atoms with van der Waals surface area (Å²) in [7, 11) is 0. The van der Waals surface area contributed by atoms with Crippen LogP contribution in [0.1, 0.15) is 66.7 Å². The van der Waals surface area contributed by atoms with Crippen molar-refractivity contribution in [3.05, 3.63) is 0 Å². The molecule has 0 bridgehead atoms. The number of nitrogens with zero attached hydrogens (tertiary/aromatic N) is 2. The molecule has 1 heterocycles. The molecule has 31 heavy (non-hydrogen) atoms. The van der Waals surface area contributed by atoms with Crippen LogP contribution in [-0.2, 0) is 9.59 Å². The molecule has 9 heteroatoms. The summed E-state index contributed by atoms with van der Waals surface area (Å²) in [4.78, 5) is 29.2. The van der Waals surface area contributed by atoms with Gasteiger partial charge in [0.25, 0.3) is 0 Å². The Bertz CT molecular complexity index is 422. The van der Waals surface area contributed by atoms with Crippen LogP contribution in [0.5, 0.6) is 0 Å². The van der Waals surface area contributed by atoms with Gasteiger partial charge in [-0.1, -0.05) is 41.0 Å². The van der Waals surface area contributed by atoms with Crippen LogP contribution in [0.4, 0.5) is 0 Å². The van der Waals surface area contributed by atoms with Gasteiger partial charge in [0.1, 0.15) is 6.04 Å². The molecule has 0 aromatic rings. The van der Waals surface area contributed by atoms with Gasteiger partial charge in [-0.05, 0) is 44.3 Å². The van der Waals surface area contributed by atoms with Gasteiger partial charge in [0.15, 0.2) is 0 Å². The predicted octanol–water partition coefficient (Wildman–Crippen LogP) is 2.39. The van der Waals surface area contributed by atoms with Crippen LogP contribution in [0.3, 0.4) is 0 Å². The normalized spacial score (nSPS) is 15.1. The molecule has 8 nitrogen and oxygen atoms in total. The largest absolute Gasteiger partial charge is 0.354 e. The number of unbranched alkanes of at least 4 members (excludes halogenated alkanes) is 2. The number of hydrogen-bond acceptors (Lipinski definition) is 7. The lowest BCUT2D eigenvalue weighted by Gasteiger charge is -2.34. The molecule has 0 aliphatic carbocycles. The monoisotopic (exact) mass is 463 g/mol. The van der Waals surface area contributed by atoms with E-state index in [1.807, 2.05) is 27.7 Å². The average molecular weight is 464 g/mol. The highest BCUT2D eigenvalue weighted by molar-refractivity contribution is 7.93. The number of amides is 2. The second-order valence-corrected chi connectivity index (χ2v) is 7.67. The van der Waals surface area contributed by atoms with Crippen molar-refractivity contribution in [2.24, 2.45) is 5.73 Å². The van der Waals surface area contributed by atoms with Gasteiger partial charge in [-0.25, -0.2) is 0 Å². The quantitative estimate of drug-likeness (QED) is 0.231. The number of carbonyl (C=O) groups excluding carboxylic acids is 2. The lowest BCUT2D eigenvalue weighted by atomic mass is 10.1. The Morgan fingerprint density at radius 2 is 1.65 bits per heavy atom. The first-order chi connectivity index (χ1) is 15.1. The Labute approximate surface area is 195 Å². The van der Waals surface area contributed by atoms with E-state index in [9.17, 15) is 9.59 Å². The van der Waals surface area contributed by atoms with Crippen LogP contribution >= 0.6 is 12.0 Å². The molecule has 1 fully saturated rings. The summed E-state index contributed by atoms with van der Waals surface area (Å²) in [5.74, 6) is 0.510. The van der Waals surface area contributed by atoms with E-state index in [-0.39, 0.29) is 11.8 Å². The highest BCUT2D eigenvalue weighted by Crippen LogP contribution is 2.05. The van der Waals surface area contributed by atoms with E-state index in [2.05, 4.69) is 27.4 Å². The van der Waals surface area contributed by atoms with Gasteiger partial charge >= 0.3 is 0 Å². The molecule has 1 aliphatic heterocycles. The van der Waals surface area contributed by atoms with Crippen LogP contribution in [0.2, 0.25) is 0 Å². The Kier molecular flexibility index (Phi) is 24.8. The third kappa shape index (κ3) is 17.4. The summed E-state index contributed by atoms with van der Waals surface area (Å²) in [5, 5.41) is 5.83.